The number of hydrogen-bond acceptors (Lipinski definition) is 2. The minimum Gasteiger partial charge on any atom is -0.480 e. The number of nitrogens with zero attached hydrogens (tertiary/aromatic N) is 1. The zero-order valence-corrected chi connectivity index (χ0v) is 12.4. The maximum atomic E-state index is 13.0. The van der Waals surface area contributed by atoms with Gasteiger partial charge >= 0.3 is 5.97 Å². The van der Waals surface area contributed by atoms with Gasteiger partial charge in [0.2, 0.25) is 5.91 Å². The quantitative estimate of drug-likeness (QED) is 0.910. The van der Waals surface area contributed by atoms with Crippen LogP contribution >= 0.6 is 0 Å². The van der Waals surface area contributed by atoms with Gasteiger partial charge in [0, 0.05) is 12.5 Å². The number of rotatable bonds is 5. The molecule has 118 valence electrons. The summed E-state index contributed by atoms with van der Waals surface area (Å²) in [5, 5.41) is 9.06. The predicted molar refractivity (Wildman–Crippen MR) is 78.5 cm³/mol. The Balaban J connectivity index is 1.70. The van der Waals surface area contributed by atoms with Crippen LogP contribution in [0.2, 0.25) is 0 Å². The lowest BCUT2D eigenvalue weighted by Crippen LogP contribution is -2.37. The van der Waals surface area contributed by atoms with E-state index in [1.807, 2.05) is 0 Å². The lowest BCUT2D eigenvalue weighted by molar-refractivity contribution is -0.145. The Labute approximate surface area is 128 Å². The number of carboxylic acids is 1. The molecule has 5 heteroatoms. The maximum absolute atomic E-state index is 13.0. The van der Waals surface area contributed by atoms with E-state index >= 15 is 0 Å². The first-order chi connectivity index (χ1) is 10.5. The first-order valence-electron chi connectivity index (χ1n) is 7.75. The Morgan fingerprint density at radius 3 is 2.45 bits per heavy atom. The smallest absolute Gasteiger partial charge is 0.323 e. The van der Waals surface area contributed by atoms with Crippen LogP contribution in [0.5, 0.6) is 0 Å². The van der Waals surface area contributed by atoms with Crippen LogP contribution in [0, 0.1) is 17.2 Å². The van der Waals surface area contributed by atoms with Gasteiger partial charge in [-0.25, -0.2) is 4.39 Å². The van der Waals surface area contributed by atoms with Crippen LogP contribution in [0.1, 0.15) is 37.7 Å². The van der Waals surface area contributed by atoms with E-state index in [4.69, 9.17) is 5.11 Å². The van der Waals surface area contributed by atoms with Crippen LogP contribution < -0.4 is 0 Å². The van der Waals surface area contributed by atoms with Gasteiger partial charge in [0.1, 0.15) is 12.4 Å². The van der Waals surface area contributed by atoms with Crippen molar-refractivity contribution < 1.29 is 19.1 Å². The Bertz CT molecular complexity index is 578. The topological polar surface area (TPSA) is 57.6 Å². The normalized spacial score (nSPS) is 21.8. The molecule has 3 rings (SSSR count). The van der Waals surface area contributed by atoms with Gasteiger partial charge in [-0.15, -0.1) is 0 Å². The molecule has 22 heavy (non-hydrogen) atoms. The zero-order valence-electron chi connectivity index (χ0n) is 12.4. The van der Waals surface area contributed by atoms with Crippen molar-refractivity contribution in [3.8, 4) is 0 Å². The fourth-order valence-electron chi connectivity index (χ4n) is 3.73. The van der Waals surface area contributed by atoms with Gasteiger partial charge in [0.05, 0.1) is 0 Å². The number of hydrogen-bond donors (Lipinski definition) is 1. The fraction of sp³-hybridized carbons (Fsp3) is 0.529. The first kappa shape index (κ1) is 15.0. The molecule has 2 aliphatic rings. The third-order valence-corrected chi connectivity index (χ3v) is 5.01. The van der Waals surface area contributed by atoms with Crippen molar-refractivity contribution in [2.75, 3.05) is 6.54 Å². The molecule has 0 heterocycles. The molecule has 2 fully saturated rings. The van der Waals surface area contributed by atoms with Crippen molar-refractivity contribution in [3.63, 3.8) is 0 Å². The van der Waals surface area contributed by atoms with Crippen LogP contribution in [-0.4, -0.2) is 28.4 Å². The Kier molecular flexibility index (Phi) is 3.89. The fourth-order valence-corrected chi connectivity index (χ4v) is 3.73. The molecular formula is C17H20FNO3. The third-order valence-electron chi connectivity index (χ3n) is 5.01. The highest BCUT2D eigenvalue weighted by atomic mass is 19.1. The number of carbonyl (C=O) groups is 2. The zero-order chi connectivity index (χ0) is 15.7. The molecule has 4 nitrogen and oxygen atoms in total. The summed E-state index contributed by atoms with van der Waals surface area (Å²) in [5.74, 6) is -1.44. The minimum absolute atomic E-state index is 0.0187. The van der Waals surface area contributed by atoms with Crippen molar-refractivity contribution in [3.05, 3.63) is 35.6 Å². The van der Waals surface area contributed by atoms with E-state index in [1.54, 1.807) is 12.1 Å². The van der Waals surface area contributed by atoms with E-state index < -0.39 is 5.97 Å². The molecule has 1 amide bonds. The second kappa shape index (κ2) is 5.71. The van der Waals surface area contributed by atoms with E-state index in [-0.39, 0.29) is 36.1 Å². The lowest BCUT2D eigenvalue weighted by Gasteiger charge is -2.22. The van der Waals surface area contributed by atoms with Crippen molar-refractivity contribution in [2.24, 2.45) is 11.3 Å². The van der Waals surface area contributed by atoms with Gasteiger partial charge < -0.3 is 10.0 Å². The van der Waals surface area contributed by atoms with Crippen LogP contribution in [0.15, 0.2) is 24.3 Å². The average Bonchev–Trinajstić information content (AvgIpc) is 2.96. The van der Waals surface area contributed by atoms with Crippen LogP contribution in [0.4, 0.5) is 4.39 Å². The van der Waals surface area contributed by atoms with Crippen LogP contribution in [-0.2, 0) is 16.1 Å². The van der Waals surface area contributed by atoms with Gasteiger partial charge in [-0.2, -0.15) is 0 Å². The molecule has 0 aliphatic heterocycles. The monoisotopic (exact) mass is 305 g/mol. The van der Waals surface area contributed by atoms with E-state index in [0.29, 0.717) is 0 Å². The van der Waals surface area contributed by atoms with Crippen molar-refractivity contribution in [1.82, 2.24) is 4.90 Å². The molecule has 0 aromatic heterocycles. The van der Waals surface area contributed by atoms with Gasteiger partial charge in [0.25, 0.3) is 0 Å². The summed E-state index contributed by atoms with van der Waals surface area (Å²) in [4.78, 5) is 25.1. The second-order valence-electron chi connectivity index (χ2n) is 6.54. The molecule has 1 N–H and O–H groups in total. The average molecular weight is 305 g/mol. The number of aliphatic carboxylic acids is 1. The Hall–Kier alpha value is -1.91. The highest BCUT2D eigenvalue weighted by Gasteiger charge is 2.59. The molecule has 1 aromatic carbocycles. The minimum atomic E-state index is -1.02. The summed E-state index contributed by atoms with van der Waals surface area (Å²) in [6.45, 7) is -0.0826. The number of amides is 1. The van der Waals surface area contributed by atoms with Gasteiger partial charge in [-0.3, -0.25) is 9.59 Å². The van der Waals surface area contributed by atoms with E-state index in [2.05, 4.69) is 0 Å². The van der Waals surface area contributed by atoms with Crippen molar-refractivity contribution >= 4 is 11.9 Å². The summed E-state index contributed by atoms with van der Waals surface area (Å²) < 4.78 is 13.0. The molecule has 2 aliphatic carbocycles. The molecule has 0 saturated heterocycles. The molecule has 0 bridgehead atoms. The molecule has 1 aromatic rings. The maximum Gasteiger partial charge on any atom is 0.323 e. The summed E-state index contributed by atoms with van der Waals surface area (Å²) in [5.41, 5.74) is 0.897. The number of carboxylic acid groups (broad SMARTS) is 1. The molecule has 2 saturated carbocycles. The van der Waals surface area contributed by atoms with Gasteiger partial charge in [-0.1, -0.05) is 25.0 Å². The molecule has 1 spiro atoms. The Morgan fingerprint density at radius 1 is 1.23 bits per heavy atom. The molecule has 0 radical (unpaired) electrons. The van der Waals surface area contributed by atoms with E-state index in [0.717, 1.165) is 24.8 Å². The second-order valence-corrected chi connectivity index (χ2v) is 6.54. The van der Waals surface area contributed by atoms with Gasteiger partial charge in [0.15, 0.2) is 0 Å². The highest BCUT2D eigenvalue weighted by molar-refractivity contribution is 5.86. The molecule has 1 atom stereocenters. The SMILES string of the molecule is O=C(O)CN(Cc1ccc(F)cc1)C(=O)C1CC12CCCC2. The standard InChI is InChI=1S/C17H20FNO3/c18-13-5-3-12(4-6-13)10-19(11-15(20)21)16(22)14-9-17(14)7-1-2-8-17/h3-6,14H,1-2,7-11H2,(H,20,21). The number of carbonyl (C=O) groups excluding carboxylic acids is 1. The first-order valence-corrected chi connectivity index (χ1v) is 7.75. The predicted octanol–water partition coefficient (Wildman–Crippen LogP) is 2.82. The van der Waals surface area contributed by atoms with Gasteiger partial charge in [-0.05, 0) is 42.4 Å². The Morgan fingerprint density at radius 2 is 1.86 bits per heavy atom. The van der Waals surface area contributed by atoms with Crippen LogP contribution in [0.3, 0.4) is 0 Å². The summed E-state index contributed by atoms with van der Waals surface area (Å²) in [6, 6.07) is 5.84. The van der Waals surface area contributed by atoms with E-state index in [1.165, 1.54) is 29.9 Å². The number of halogens is 1. The third kappa shape index (κ3) is 2.98. The summed E-state index contributed by atoms with van der Waals surface area (Å²) >= 11 is 0. The number of benzene rings is 1. The van der Waals surface area contributed by atoms with Crippen LogP contribution in [0.25, 0.3) is 0 Å². The highest BCUT2D eigenvalue weighted by Crippen LogP contribution is 2.63. The largest absolute Gasteiger partial charge is 0.480 e. The van der Waals surface area contributed by atoms with Crippen molar-refractivity contribution in [1.29, 1.82) is 0 Å². The molecular weight excluding hydrogens is 285 g/mol. The summed E-state index contributed by atoms with van der Waals surface area (Å²) in [7, 11) is 0. The van der Waals surface area contributed by atoms with Crippen molar-refractivity contribution in [2.45, 2.75) is 38.6 Å². The summed E-state index contributed by atoms with van der Waals surface area (Å²) in [6.07, 6.45) is 5.40. The lowest BCUT2D eigenvalue weighted by atomic mass is 10.0. The van der Waals surface area contributed by atoms with E-state index in [9.17, 15) is 14.0 Å². The molecule has 1 unspecified atom stereocenters.